The van der Waals surface area contributed by atoms with E-state index in [0.717, 1.165) is 0 Å². The lowest BCUT2D eigenvalue weighted by Crippen LogP contribution is -2.35. The summed E-state index contributed by atoms with van der Waals surface area (Å²) in [5.41, 5.74) is 0.225. The van der Waals surface area contributed by atoms with Crippen molar-refractivity contribution in [1.82, 2.24) is 9.78 Å². The van der Waals surface area contributed by atoms with Gasteiger partial charge in [0.1, 0.15) is 10.2 Å². The zero-order valence-corrected chi connectivity index (χ0v) is 14.4. The number of anilines is 1. The number of carbonyl (C=O) groups excluding carboxylic acids is 2. The SMILES string of the molecule is CCOC(=O)c1c(Br)nn2c1N(C(=O)OC(C)(C)S)CC2. The van der Waals surface area contributed by atoms with Crippen LogP contribution in [0.25, 0.3) is 0 Å². The van der Waals surface area contributed by atoms with Crippen LogP contribution >= 0.6 is 28.6 Å². The van der Waals surface area contributed by atoms with E-state index in [1.54, 1.807) is 25.5 Å². The minimum atomic E-state index is -0.911. The average Bonchev–Trinajstić information content (AvgIpc) is 2.84. The van der Waals surface area contributed by atoms with Gasteiger partial charge in [-0.3, -0.25) is 4.90 Å². The molecule has 1 aliphatic heterocycles. The third-order valence-corrected chi connectivity index (χ3v) is 3.36. The number of hydrogen-bond donors (Lipinski definition) is 1. The molecule has 9 heteroatoms. The number of hydrogen-bond acceptors (Lipinski definition) is 6. The number of carbonyl (C=O) groups is 2. The largest absolute Gasteiger partial charge is 0.462 e. The van der Waals surface area contributed by atoms with Gasteiger partial charge in [-0.25, -0.2) is 14.3 Å². The fourth-order valence-corrected chi connectivity index (χ4v) is 2.59. The highest BCUT2D eigenvalue weighted by molar-refractivity contribution is 9.10. The number of halogens is 1. The van der Waals surface area contributed by atoms with Crippen LogP contribution in [0.15, 0.2) is 4.60 Å². The summed E-state index contributed by atoms with van der Waals surface area (Å²) in [4.78, 5) is 24.7. The average molecular weight is 378 g/mol. The summed E-state index contributed by atoms with van der Waals surface area (Å²) < 4.78 is 12.1. The fourth-order valence-electron chi connectivity index (χ4n) is 1.98. The second-order valence-corrected chi connectivity index (χ2v) is 6.73. The number of amides is 1. The number of thiol groups is 1. The van der Waals surface area contributed by atoms with E-state index in [0.29, 0.717) is 23.5 Å². The van der Waals surface area contributed by atoms with Crippen molar-refractivity contribution >= 4 is 46.4 Å². The molecule has 0 saturated heterocycles. The number of rotatable bonds is 3. The van der Waals surface area contributed by atoms with E-state index < -0.39 is 17.0 Å². The zero-order valence-electron chi connectivity index (χ0n) is 11.9. The van der Waals surface area contributed by atoms with Gasteiger partial charge in [0, 0.05) is 0 Å². The third kappa shape index (κ3) is 3.34. The van der Waals surface area contributed by atoms with Crippen molar-refractivity contribution < 1.29 is 19.1 Å². The fraction of sp³-hybridized carbons (Fsp3) is 0.583. The zero-order chi connectivity index (χ0) is 15.8. The highest BCUT2D eigenvalue weighted by atomic mass is 79.9. The van der Waals surface area contributed by atoms with Crippen LogP contribution in [-0.2, 0) is 16.0 Å². The third-order valence-electron chi connectivity index (χ3n) is 2.71. The Labute approximate surface area is 136 Å². The predicted molar refractivity (Wildman–Crippen MR) is 82.8 cm³/mol. The molecule has 0 saturated carbocycles. The maximum absolute atomic E-state index is 12.2. The van der Waals surface area contributed by atoms with E-state index in [1.165, 1.54) is 4.90 Å². The molecule has 0 fully saturated rings. The highest BCUT2D eigenvalue weighted by Gasteiger charge is 2.36. The van der Waals surface area contributed by atoms with E-state index >= 15 is 0 Å². The Morgan fingerprint density at radius 1 is 1.43 bits per heavy atom. The first-order chi connectivity index (χ1) is 9.74. The van der Waals surface area contributed by atoms with E-state index in [1.807, 2.05) is 0 Å². The molecule has 0 N–H and O–H groups in total. The maximum Gasteiger partial charge on any atom is 0.416 e. The van der Waals surface area contributed by atoms with Crippen molar-refractivity contribution in [2.75, 3.05) is 18.1 Å². The van der Waals surface area contributed by atoms with E-state index in [-0.39, 0.29) is 12.2 Å². The molecule has 1 aromatic rings. The summed E-state index contributed by atoms with van der Waals surface area (Å²) >= 11 is 7.39. The van der Waals surface area contributed by atoms with Gasteiger partial charge in [0.15, 0.2) is 10.8 Å². The Balaban J connectivity index is 2.34. The van der Waals surface area contributed by atoms with Gasteiger partial charge in [-0.2, -0.15) is 5.10 Å². The van der Waals surface area contributed by atoms with Crippen LogP contribution in [0, 0.1) is 0 Å². The summed E-state index contributed by atoms with van der Waals surface area (Å²) in [6, 6.07) is 0. The van der Waals surface area contributed by atoms with Crippen LogP contribution in [0.2, 0.25) is 0 Å². The lowest BCUT2D eigenvalue weighted by molar-refractivity contribution is 0.0526. The molecule has 1 amide bonds. The quantitative estimate of drug-likeness (QED) is 0.497. The molecule has 0 radical (unpaired) electrons. The first-order valence-electron chi connectivity index (χ1n) is 6.41. The van der Waals surface area contributed by atoms with Crippen molar-refractivity contribution in [2.24, 2.45) is 0 Å². The van der Waals surface area contributed by atoms with Crippen LogP contribution in [0.1, 0.15) is 31.1 Å². The Morgan fingerprint density at radius 2 is 2.10 bits per heavy atom. The summed E-state index contributed by atoms with van der Waals surface area (Å²) in [6.07, 6.45) is -0.577. The van der Waals surface area contributed by atoms with Gasteiger partial charge >= 0.3 is 12.1 Å². The van der Waals surface area contributed by atoms with E-state index in [4.69, 9.17) is 9.47 Å². The van der Waals surface area contributed by atoms with Gasteiger partial charge < -0.3 is 9.47 Å². The molecule has 2 heterocycles. The van der Waals surface area contributed by atoms with Crippen LogP contribution in [-0.4, -0.2) is 39.9 Å². The molecule has 1 aromatic heterocycles. The lowest BCUT2D eigenvalue weighted by Gasteiger charge is -2.23. The molecule has 0 bridgehead atoms. The Morgan fingerprint density at radius 3 is 2.67 bits per heavy atom. The van der Waals surface area contributed by atoms with Crippen LogP contribution < -0.4 is 4.90 Å². The highest BCUT2D eigenvalue weighted by Crippen LogP contribution is 2.33. The minimum absolute atomic E-state index is 0.225. The predicted octanol–water partition coefficient (Wildman–Crippen LogP) is 2.44. The molecule has 0 atom stereocenters. The minimum Gasteiger partial charge on any atom is -0.462 e. The molecule has 0 aromatic carbocycles. The number of esters is 1. The maximum atomic E-state index is 12.2. The van der Waals surface area contributed by atoms with Gasteiger partial charge in [-0.05, 0) is 36.7 Å². The molecule has 0 spiro atoms. The van der Waals surface area contributed by atoms with Gasteiger partial charge in [0.25, 0.3) is 0 Å². The summed E-state index contributed by atoms with van der Waals surface area (Å²) in [5.74, 6) is -0.154. The Bertz CT molecular complexity index is 582. The van der Waals surface area contributed by atoms with Crippen molar-refractivity contribution in [3.05, 3.63) is 10.2 Å². The number of nitrogens with zero attached hydrogens (tertiary/aromatic N) is 3. The van der Waals surface area contributed by atoms with Crippen molar-refractivity contribution in [3.8, 4) is 0 Å². The van der Waals surface area contributed by atoms with Crippen molar-refractivity contribution in [1.29, 1.82) is 0 Å². The second-order valence-electron chi connectivity index (χ2n) is 4.90. The van der Waals surface area contributed by atoms with E-state index in [2.05, 4.69) is 33.7 Å². The first kappa shape index (κ1) is 16.2. The molecule has 21 heavy (non-hydrogen) atoms. The van der Waals surface area contributed by atoms with Crippen LogP contribution in [0.5, 0.6) is 0 Å². The van der Waals surface area contributed by atoms with Crippen LogP contribution in [0.4, 0.5) is 10.6 Å². The molecule has 1 aliphatic rings. The standard InChI is InChI=1S/C12H16BrN3O4S/c1-4-19-10(17)7-8(13)14-16-6-5-15(9(7)16)11(18)20-12(2,3)21/h21H,4-6H2,1-3H3. The van der Waals surface area contributed by atoms with Gasteiger partial charge in [0.2, 0.25) is 0 Å². The first-order valence-corrected chi connectivity index (χ1v) is 7.65. The van der Waals surface area contributed by atoms with Crippen molar-refractivity contribution in [2.45, 2.75) is 32.2 Å². The molecule has 2 rings (SSSR count). The second kappa shape index (κ2) is 5.88. The smallest absolute Gasteiger partial charge is 0.416 e. The van der Waals surface area contributed by atoms with Crippen LogP contribution in [0.3, 0.4) is 0 Å². The number of ether oxygens (including phenoxy) is 2. The van der Waals surface area contributed by atoms with Gasteiger partial charge in [-0.15, -0.1) is 12.6 Å². The van der Waals surface area contributed by atoms with Gasteiger partial charge in [-0.1, -0.05) is 0 Å². The molecule has 7 nitrogen and oxygen atoms in total. The molecule has 0 aliphatic carbocycles. The van der Waals surface area contributed by atoms with Crippen molar-refractivity contribution in [3.63, 3.8) is 0 Å². The number of aromatic nitrogens is 2. The molecule has 0 unspecified atom stereocenters. The topological polar surface area (TPSA) is 73.7 Å². The normalized spacial score (nSPS) is 14.0. The lowest BCUT2D eigenvalue weighted by atomic mass is 10.3. The Hall–Kier alpha value is -1.22. The molecular weight excluding hydrogens is 362 g/mol. The molecule has 116 valence electrons. The molecular formula is C12H16BrN3O4S. The summed E-state index contributed by atoms with van der Waals surface area (Å²) in [7, 11) is 0. The monoisotopic (exact) mass is 377 g/mol. The van der Waals surface area contributed by atoms with E-state index in [9.17, 15) is 9.59 Å². The van der Waals surface area contributed by atoms with Gasteiger partial charge in [0.05, 0.1) is 19.7 Å². The number of fused-ring (bicyclic) bond motifs is 1. The summed E-state index contributed by atoms with van der Waals surface area (Å²) in [6.45, 7) is 6.13. The Kier molecular flexibility index (Phi) is 4.52. The summed E-state index contributed by atoms with van der Waals surface area (Å²) in [5, 5.41) is 4.19.